The highest BCUT2D eigenvalue weighted by atomic mass is 16.3. The minimum absolute atomic E-state index is 0.347. The Balaban J connectivity index is 1.65. The standard InChI is InChI=1S/C21H26O2/c1-2-21(18-9-13-20(23)14-10-18)17-5-3-15(4-6-17)16-7-11-19(22)12-8-16/h7-15,17,21-23H,2-6H2,1H3. The van der Waals surface area contributed by atoms with Crippen LogP contribution in [0, 0.1) is 5.92 Å². The third-order valence-electron chi connectivity index (χ3n) is 5.47. The monoisotopic (exact) mass is 310 g/mol. The lowest BCUT2D eigenvalue weighted by Crippen LogP contribution is -2.19. The van der Waals surface area contributed by atoms with E-state index in [0.29, 0.717) is 23.3 Å². The van der Waals surface area contributed by atoms with E-state index in [1.54, 1.807) is 24.3 Å². The molecule has 2 heteroatoms. The van der Waals surface area contributed by atoms with Gasteiger partial charge in [0.2, 0.25) is 0 Å². The highest BCUT2D eigenvalue weighted by molar-refractivity contribution is 5.30. The van der Waals surface area contributed by atoms with Crippen LogP contribution in [-0.4, -0.2) is 10.2 Å². The number of phenolic OH excluding ortho intramolecular Hbond substituents is 2. The van der Waals surface area contributed by atoms with Gasteiger partial charge in [0.05, 0.1) is 0 Å². The largest absolute Gasteiger partial charge is 0.508 e. The van der Waals surface area contributed by atoms with Crippen LogP contribution in [0.5, 0.6) is 11.5 Å². The number of phenols is 2. The molecule has 0 aliphatic heterocycles. The van der Waals surface area contributed by atoms with Gasteiger partial charge in [0.1, 0.15) is 11.5 Å². The van der Waals surface area contributed by atoms with Gasteiger partial charge in [-0.1, -0.05) is 31.2 Å². The van der Waals surface area contributed by atoms with Gasteiger partial charge in [-0.3, -0.25) is 0 Å². The Bertz CT molecular complexity index is 607. The van der Waals surface area contributed by atoms with Crippen LogP contribution >= 0.6 is 0 Å². The summed E-state index contributed by atoms with van der Waals surface area (Å²) in [4.78, 5) is 0. The first kappa shape index (κ1) is 15.9. The number of hydrogen-bond donors (Lipinski definition) is 2. The van der Waals surface area contributed by atoms with E-state index in [9.17, 15) is 10.2 Å². The summed E-state index contributed by atoms with van der Waals surface area (Å²) in [6.45, 7) is 2.27. The molecule has 3 rings (SSSR count). The Kier molecular flexibility index (Phi) is 4.90. The van der Waals surface area contributed by atoms with Gasteiger partial charge in [-0.05, 0) is 85.3 Å². The summed E-state index contributed by atoms with van der Waals surface area (Å²) in [6.07, 6.45) is 6.11. The molecule has 1 aliphatic rings. The van der Waals surface area contributed by atoms with Crippen molar-refractivity contribution in [3.8, 4) is 11.5 Å². The van der Waals surface area contributed by atoms with E-state index in [0.717, 1.165) is 12.3 Å². The van der Waals surface area contributed by atoms with E-state index in [2.05, 4.69) is 31.2 Å². The number of benzene rings is 2. The number of aromatic hydroxyl groups is 2. The Morgan fingerprint density at radius 3 is 1.87 bits per heavy atom. The third kappa shape index (κ3) is 3.69. The van der Waals surface area contributed by atoms with Crippen molar-refractivity contribution in [3.05, 3.63) is 59.7 Å². The van der Waals surface area contributed by atoms with Crippen molar-refractivity contribution in [2.75, 3.05) is 0 Å². The number of hydrogen-bond acceptors (Lipinski definition) is 2. The van der Waals surface area contributed by atoms with Crippen molar-refractivity contribution >= 4 is 0 Å². The molecule has 122 valence electrons. The fraction of sp³-hybridized carbons (Fsp3) is 0.429. The van der Waals surface area contributed by atoms with E-state index in [4.69, 9.17) is 0 Å². The molecule has 2 nitrogen and oxygen atoms in total. The van der Waals surface area contributed by atoms with E-state index in [-0.39, 0.29) is 0 Å². The maximum Gasteiger partial charge on any atom is 0.115 e. The van der Waals surface area contributed by atoms with Gasteiger partial charge >= 0.3 is 0 Å². The first-order valence-electron chi connectivity index (χ1n) is 8.75. The molecule has 1 saturated carbocycles. The van der Waals surface area contributed by atoms with Crippen LogP contribution in [0.4, 0.5) is 0 Å². The van der Waals surface area contributed by atoms with Crippen molar-refractivity contribution in [2.24, 2.45) is 5.92 Å². The smallest absolute Gasteiger partial charge is 0.115 e. The average molecular weight is 310 g/mol. The quantitative estimate of drug-likeness (QED) is 0.775. The molecule has 0 aromatic heterocycles. The summed E-state index contributed by atoms with van der Waals surface area (Å²) in [6, 6.07) is 15.5. The van der Waals surface area contributed by atoms with Crippen LogP contribution in [0.1, 0.15) is 62.0 Å². The molecule has 2 aromatic rings. The first-order chi connectivity index (χ1) is 11.2. The van der Waals surface area contributed by atoms with E-state index in [1.807, 2.05) is 0 Å². The molecule has 0 radical (unpaired) electrons. The van der Waals surface area contributed by atoms with Crippen molar-refractivity contribution < 1.29 is 10.2 Å². The molecule has 0 saturated heterocycles. The van der Waals surface area contributed by atoms with Crippen molar-refractivity contribution in [1.29, 1.82) is 0 Å². The summed E-state index contributed by atoms with van der Waals surface area (Å²) < 4.78 is 0. The summed E-state index contributed by atoms with van der Waals surface area (Å²) >= 11 is 0. The van der Waals surface area contributed by atoms with Gasteiger partial charge < -0.3 is 10.2 Å². The molecule has 1 unspecified atom stereocenters. The third-order valence-corrected chi connectivity index (χ3v) is 5.47. The molecular weight excluding hydrogens is 284 g/mol. The zero-order valence-electron chi connectivity index (χ0n) is 13.8. The molecule has 1 atom stereocenters. The van der Waals surface area contributed by atoms with E-state index in [1.165, 1.54) is 36.8 Å². The topological polar surface area (TPSA) is 40.5 Å². The molecule has 2 aromatic carbocycles. The van der Waals surface area contributed by atoms with Crippen LogP contribution in [0.2, 0.25) is 0 Å². The second-order valence-corrected chi connectivity index (χ2v) is 6.81. The maximum atomic E-state index is 9.48. The van der Waals surface area contributed by atoms with Crippen LogP contribution in [0.3, 0.4) is 0 Å². The summed E-state index contributed by atoms with van der Waals surface area (Å²) in [5.41, 5.74) is 2.72. The first-order valence-corrected chi connectivity index (χ1v) is 8.75. The Morgan fingerprint density at radius 2 is 1.35 bits per heavy atom. The zero-order chi connectivity index (χ0) is 16.2. The minimum Gasteiger partial charge on any atom is -0.508 e. The van der Waals surface area contributed by atoms with Crippen LogP contribution < -0.4 is 0 Å². The fourth-order valence-corrected chi connectivity index (χ4v) is 4.16. The maximum absolute atomic E-state index is 9.48. The van der Waals surface area contributed by atoms with Gasteiger partial charge in [0, 0.05) is 0 Å². The average Bonchev–Trinajstić information content (AvgIpc) is 2.59. The summed E-state index contributed by atoms with van der Waals surface area (Å²) in [7, 11) is 0. The summed E-state index contributed by atoms with van der Waals surface area (Å²) in [5, 5.41) is 18.9. The molecule has 0 spiro atoms. The predicted octanol–water partition coefficient (Wildman–Crippen LogP) is 5.57. The highest BCUT2D eigenvalue weighted by Crippen LogP contribution is 2.43. The summed E-state index contributed by atoms with van der Waals surface area (Å²) in [5.74, 6) is 2.65. The van der Waals surface area contributed by atoms with Gasteiger partial charge in [-0.2, -0.15) is 0 Å². The Hall–Kier alpha value is -1.96. The van der Waals surface area contributed by atoms with Gasteiger partial charge in [-0.15, -0.1) is 0 Å². The predicted molar refractivity (Wildman–Crippen MR) is 93.9 cm³/mol. The van der Waals surface area contributed by atoms with Crippen LogP contribution in [0.15, 0.2) is 48.5 Å². The van der Waals surface area contributed by atoms with E-state index < -0.39 is 0 Å². The van der Waals surface area contributed by atoms with Crippen molar-refractivity contribution in [2.45, 2.75) is 50.9 Å². The second kappa shape index (κ2) is 7.08. The van der Waals surface area contributed by atoms with Crippen LogP contribution in [0.25, 0.3) is 0 Å². The lowest BCUT2D eigenvalue weighted by molar-refractivity contribution is 0.276. The highest BCUT2D eigenvalue weighted by Gasteiger charge is 2.28. The molecule has 0 heterocycles. The Labute approximate surface area is 138 Å². The molecule has 2 N–H and O–H groups in total. The number of rotatable bonds is 4. The van der Waals surface area contributed by atoms with Crippen LogP contribution in [-0.2, 0) is 0 Å². The fourth-order valence-electron chi connectivity index (χ4n) is 4.16. The molecule has 1 fully saturated rings. The molecule has 23 heavy (non-hydrogen) atoms. The molecule has 0 bridgehead atoms. The second-order valence-electron chi connectivity index (χ2n) is 6.81. The Morgan fingerprint density at radius 1 is 0.826 bits per heavy atom. The minimum atomic E-state index is 0.347. The SMILES string of the molecule is CCC(c1ccc(O)cc1)C1CCC(c2ccc(O)cc2)CC1. The van der Waals surface area contributed by atoms with E-state index >= 15 is 0 Å². The molecule has 1 aliphatic carbocycles. The van der Waals surface area contributed by atoms with Gasteiger partial charge in [0.25, 0.3) is 0 Å². The lowest BCUT2D eigenvalue weighted by atomic mass is 9.71. The van der Waals surface area contributed by atoms with Gasteiger partial charge in [-0.25, -0.2) is 0 Å². The van der Waals surface area contributed by atoms with Crippen molar-refractivity contribution in [1.82, 2.24) is 0 Å². The van der Waals surface area contributed by atoms with Gasteiger partial charge in [0.15, 0.2) is 0 Å². The normalized spacial score (nSPS) is 22.7. The molecular formula is C21H26O2. The van der Waals surface area contributed by atoms with Crippen molar-refractivity contribution in [3.63, 3.8) is 0 Å². The molecule has 0 amide bonds. The zero-order valence-corrected chi connectivity index (χ0v) is 13.8. The lowest BCUT2D eigenvalue weighted by Gasteiger charge is -2.34.